The van der Waals surface area contributed by atoms with Crippen molar-refractivity contribution in [2.24, 2.45) is 5.92 Å². The fourth-order valence-corrected chi connectivity index (χ4v) is 4.28. The van der Waals surface area contributed by atoms with E-state index in [0.717, 1.165) is 6.42 Å². The van der Waals surface area contributed by atoms with Gasteiger partial charge in [0, 0.05) is 0 Å². The molecule has 0 spiro atoms. The molecule has 0 aromatic heterocycles. The molecule has 0 atom stereocenters. The van der Waals surface area contributed by atoms with Crippen molar-refractivity contribution >= 4 is 10.8 Å². The fraction of sp³-hybridized carbons (Fsp3) is 0.241. The number of aryl methyl sites for hydroxylation is 3. The van der Waals surface area contributed by atoms with Crippen LogP contribution in [0.4, 0.5) is 0 Å². The highest BCUT2D eigenvalue weighted by Crippen LogP contribution is 2.33. The highest BCUT2D eigenvalue weighted by Gasteiger charge is 2.10. The molecular weight excluding hydrogens is 348 g/mol. The molecule has 0 unspecified atom stereocenters. The van der Waals surface area contributed by atoms with Crippen molar-refractivity contribution in [2.45, 2.75) is 41.0 Å². The molecule has 146 valence electrons. The molecule has 0 aliphatic carbocycles. The van der Waals surface area contributed by atoms with Crippen LogP contribution in [0.15, 0.2) is 72.8 Å². The molecule has 0 amide bonds. The predicted octanol–water partition coefficient (Wildman–Crippen LogP) is 8.30. The first-order valence-corrected chi connectivity index (χ1v) is 10.6. The highest BCUT2D eigenvalue weighted by molar-refractivity contribution is 5.93. The molecule has 4 aromatic rings. The van der Waals surface area contributed by atoms with Gasteiger partial charge in [0.05, 0.1) is 0 Å². The monoisotopic (exact) mass is 378 g/mol. The van der Waals surface area contributed by atoms with Crippen LogP contribution in [-0.4, -0.2) is 0 Å². The summed E-state index contributed by atoms with van der Waals surface area (Å²) < 4.78 is 0. The molecule has 4 rings (SSSR count). The van der Waals surface area contributed by atoms with E-state index in [0.29, 0.717) is 5.92 Å². The zero-order valence-electron chi connectivity index (χ0n) is 18.2. The van der Waals surface area contributed by atoms with Crippen molar-refractivity contribution < 1.29 is 0 Å². The molecule has 0 N–H and O–H groups in total. The second kappa shape index (κ2) is 7.87. The lowest BCUT2D eigenvalue weighted by molar-refractivity contribution is 0.650. The summed E-state index contributed by atoms with van der Waals surface area (Å²) in [7, 11) is 0. The Bertz CT molecular complexity index is 1140. The molecule has 0 radical (unpaired) electrons. The van der Waals surface area contributed by atoms with Gasteiger partial charge in [-0.3, -0.25) is 0 Å². The standard InChI is InChI=1S/C29H30/c1-19(2)12-28-17-27(26-14-21(4)13-22(5)15-26)16-25-11-10-24(18-29(25)28)23-8-6-20(3)7-9-23/h6-11,13-19H,12H2,1-5H3. The predicted molar refractivity (Wildman–Crippen MR) is 128 cm³/mol. The third-order valence-corrected chi connectivity index (χ3v) is 5.61. The van der Waals surface area contributed by atoms with E-state index in [1.165, 1.54) is 55.3 Å². The summed E-state index contributed by atoms with van der Waals surface area (Å²) in [5.74, 6) is 0.621. The Labute approximate surface area is 175 Å². The lowest BCUT2D eigenvalue weighted by atomic mass is 9.90. The minimum atomic E-state index is 0.621. The smallest absolute Gasteiger partial charge is 0.0145 e. The van der Waals surface area contributed by atoms with E-state index in [-0.39, 0.29) is 0 Å². The first-order valence-electron chi connectivity index (χ1n) is 10.6. The summed E-state index contributed by atoms with van der Waals surface area (Å²) in [5, 5.41) is 2.71. The van der Waals surface area contributed by atoms with Gasteiger partial charge in [0.15, 0.2) is 0 Å². The van der Waals surface area contributed by atoms with Crippen LogP contribution < -0.4 is 0 Å². The van der Waals surface area contributed by atoms with Gasteiger partial charge in [-0.05, 0) is 83.8 Å². The summed E-state index contributed by atoms with van der Waals surface area (Å²) in [6.07, 6.45) is 1.09. The maximum absolute atomic E-state index is 2.41. The van der Waals surface area contributed by atoms with Crippen LogP contribution >= 0.6 is 0 Å². The average Bonchev–Trinajstić information content (AvgIpc) is 2.67. The van der Waals surface area contributed by atoms with Crippen LogP contribution in [0.3, 0.4) is 0 Å². The Morgan fingerprint density at radius 2 is 1.17 bits per heavy atom. The Kier molecular flexibility index (Phi) is 5.28. The normalized spacial score (nSPS) is 11.4. The van der Waals surface area contributed by atoms with Crippen molar-refractivity contribution in [3.05, 3.63) is 95.1 Å². The Morgan fingerprint density at radius 1 is 0.552 bits per heavy atom. The number of hydrogen-bond donors (Lipinski definition) is 0. The summed E-state index contributed by atoms with van der Waals surface area (Å²) >= 11 is 0. The topological polar surface area (TPSA) is 0 Å². The van der Waals surface area contributed by atoms with Gasteiger partial charge >= 0.3 is 0 Å². The van der Waals surface area contributed by atoms with E-state index in [1.807, 2.05) is 0 Å². The van der Waals surface area contributed by atoms with Crippen molar-refractivity contribution in [3.63, 3.8) is 0 Å². The van der Waals surface area contributed by atoms with Crippen molar-refractivity contribution in [1.29, 1.82) is 0 Å². The quantitative estimate of drug-likeness (QED) is 0.335. The second-order valence-electron chi connectivity index (χ2n) is 8.91. The van der Waals surface area contributed by atoms with E-state index in [9.17, 15) is 0 Å². The molecule has 0 fully saturated rings. The minimum absolute atomic E-state index is 0.621. The number of hydrogen-bond acceptors (Lipinski definition) is 0. The number of benzene rings is 4. The largest absolute Gasteiger partial charge is 0.0625 e. The van der Waals surface area contributed by atoms with Gasteiger partial charge < -0.3 is 0 Å². The summed E-state index contributed by atoms with van der Waals surface area (Å²) in [6, 6.07) is 27.4. The third-order valence-electron chi connectivity index (χ3n) is 5.61. The van der Waals surface area contributed by atoms with E-state index in [1.54, 1.807) is 0 Å². The Balaban J connectivity index is 1.89. The number of fused-ring (bicyclic) bond motifs is 1. The molecule has 0 aliphatic heterocycles. The first kappa shape index (κ1) is 19.5. The van der Waals surface area contributed by atoms with Gasteiger partial charge in [0.2, 0.25) is 0 Å². The minimum Gasteiger partial charge on any atom is -0.0625 e. The molecule has 0 heteroatoms. The lowest BCUT2D eigenvalue weighted by Gasteiger charge is -2.15. The molecule has 0 heterocycles. The van der Waals surface area contributed by atoms with Gasteiger partial charge in [0.1, 0.15) is 0 Å². The Hall–Kier alpha value is -2.86. The van der Waals surface area contributed by atoms with Gasteiger partial charge in [-0.1, -0.05) is 91.2 Å². The van der Waals surface area contributed by atoms with Crippen LogP contribution in [0.25, 0.3) is 33.0 Å². The van der Waals surface area contributed by atoms with Crippen LogP contribution in [-0.2, 0) is 6.42 Å². The highest BCUT2D eigenvalue weighted by atomic mass is 14.1. The molecule has 0 nitrogen and oxygen atoms in total. The summed E-state index contributed by atoms with van der Waals surface area (Å²) in [4.78, 5) is 0. The molecule has 0 aliphatic rings. The zero-order chi connectivity index (χ0) is 20.5. The second-order valence-corrected chi connectivity index (χ2v) is 8.91. The van der Waals surface area contributed by atoms with Gasteiger partial charge in [-0.2, -0.15) is 0 Å². The molecule has 0 saturated heterocycles. The number of rotatable bonds is 4. The average molecular weight is 379 g/mol. The van der Waals surface area contributed by atoms with Crippen LogP contribution in [0.5, 0.6) is 0 Å². The SMILES string of the molecule is Cc1ccc(-c2ccc3cc(-c4cc(C)cc(C)c4)cc(CC(C)C)c3c2)cc1. The Morgan fingerprint density at radius 3 is 1.83 bits per heavy atom. The van der Waals surface area contributed by atoms with E-state index >= 15 is 0 Å². The molecule has 4 aromatic carbocycles. The van der Waals surface area contributed by atoms with Gasteiger partial charge in [-0.25, -0.2) is 0 Å². The van der Waals surface area contributed by atoms with Crippen molar-refractivity contribution in [2.75, 3.05) is 0 Å². The summed E-state index contributed by atoms with van der Waals surface area (Å²) in [6.45, 7) is 11.1. The molecular formula is C29H30. The lowest BCUT2D eigenvalue weighted by Crippen LogP contribution is -1.97. The van der Waals surface area contributed by atoms with Crippen LogP contribution in [0, 0.1) is 26.7 Å². The first-order chi connectivity index (χ1) is 13.9. The summed E-state index contributed by atoms with van der Waals surface area (Å²) in [5.41, 5.74) is 10.6. The molecule has 0 bridgehead atoms. The van der Waals surface area contributed by atoms with Gasteiger partial charge in [0.25, 0.3) is 0 Å². The van der Waals surface area contributed by atoms with E-state index in [4.69, 9.17) is 0 Å². The van der Waals surface area contributed by atoms with Crippen LogP contribution in [0.2, 0.25) is 0 Å². The fourth-order valence-electron chi connectivity index (χ4n) is 4.28. The van der Waals surface area contributed by atoms with E-state index < -0.39 is 0 Å². The third kappa shape index (κ3) is 4.27. The van der Waals surface area contributed by atoms with Gasteiger partial charge in [-0.15, -0.1) is 0 Å². The zero-order valence-corrected chi connectivity index (χ0v) is 18.2. The molecule has 29 heavy (non-hydrogen) atoms. The van der Waals surface area contributed by atoms with Crippen molar-refractivity contribution in [1.82, 2.24) is 0 Å². The van der Waals surface area contributed by atoms with Crippen molar-refractivity contribution in [3.8, 4) is 22.3 Å². The molecule has 0 saturated carbocycles. The van der Waals surface area contributed by atoms with E-state index in [2.05, 4.69) is 107 Å². The maximum Gasteiger partial charge on any atom is -0.0145 e. The maximum atomic E-state index is 2.41. The van der Waals surface area contributed by atoms with Crippen LogP contribution in [0.1, 0.15) is 36.1 Å².